The fourth-order valence-corrected chi connectivity index (χ4v) is 2.65. The van der Waals surface area contributed by atoms with E-state index in [1.165, 1.54) is 6.07 Å². The van der Waals surface area contributed by atoms with E-state index in [0.29, 0.717) is 6.42 Å². The maximum absolute atomic E-state index is 13.4. The standard InChI is InChI=1S/C16H21FN2O/c1-9-5-6-14(17)7-13(9)8-15(19-18)16-10(2)11(3)20-12(16)4/h5-7,15,19H,8,18H2,1-4H3. The van der Waals surface area contributed by atoms with Gasteiger partial charge in [0, 0.05) is 5.56 Å². The van der Waals surface area contributed by atoms with Crippen molar-refractivity contribution in [3.8, 4) is 0 Å². The second-order valence-corrected chi connectivity index (χ2v) is 5.25. The SMILES string of the molecule is Cc1ccc(F)cc1CC(NN)c1c(C)oc(C)c1C. The molecule has 4 heteroatoms. The summed E-state index contributed by atoms with van der Waals surface area (Å²) in [5.74, 6) is 7.23. The van der Waals surface area contributed by atoms with Gasteiger partial charge in [0.25, 0.3) is 0 Å². The van der Waals surface area contributed by atoms with E-state index < -0.39 is 0 Å². The summed E-state index contributed by atoms with van der Waals surface area (Å²) in [6.07, 6.45) is 0.626. The molecule has 0 aliphatic heterocycles. The predicted molar refractivity (Wildman–Crippen MR) is 77.8 cm³/mol. The van der Waals surface area contributed by atoms with Gasteiger partial charge in [-0.1, -0.05) is 6.07 Å². The Morgan fingerprint density at radius 1 is 1.20 bits per heavy atom. The number of rotatable bonds is 4. The van der Waals surface area contributed by atoms with E-state index in [0.717, 1.165) is 33.8 Å². The van der Waals surface area contributed by atoms with E-state index in [4.69, 9.17) is 10.3 Å². The lowest BCUT2D eigenvalue weighted by molar-refractivity contribution is 0.484. The van der Waals surface area contributed by atoms with Crippen molar-refractivity contribution in [2.75, 3.05) is 0 Å². The zero-order valence-corrected chi connectivity index (χ0v) is 12.4. The van der Waals surface area contributed by atoms with Crippen LogP contribution in [0.1, 0.15) is 39.8 Å². The average molecular weight is 276 g/mol. The summed E-state index contributed by atoms with van der Waals surface area (Å²) in [6, 6.07) is 4.74. The molecule has 0 amide bonds. The second-order valence-electron chi connectivity index (χ2n) is 5.25. The van der Waals surface area contributed by atoms with Crippen molar-refractivity contribution in [1.82, 2.24) is 5.43 Å². The van der Waals surface area contributed by atoms with Gasteiger partial charge in [-0.15, -0.1) is 0 Å². The van der Waals surface area contributed by atoms with Crippen molar-refractivity contribution in [2.45, 2.75) is 40.2 Å². The van der Waals surface area contributed by atoms with Gasteiger partial charge in [0.1, 0.15) is 17.3 Å². The zero-order valence-electron chi connectivity index (χ0n) is 12.4. The van der Waals surface area contributed by atoms with E-state index in [1.54, 1.807) is 12.1 Å². The van der Waals surface area contributed by atoms with Crippen LogP contribution in [0.3, 0.4) is 0 Å². The fourth-order valence-electron chi connectivity index (χ4n) is 2.65. The number of hydrogen-bond acceptors (Lipinski definition) is 3. The molecular formula is C16H21FN2O. The smallest absolute Gasteiger partial charge is 0.123 e. The van der Waals surface area contributed by atoms with E-state index in [-0.39, 0.29) is 11.9 Å². The van der Waals surface area contributed by atoms with E-state index >= 15 is 0 Å². The molecule has 0 radical (unpaired) electrons. The quantitative estimate of drug-likeness (QED) is 0.664. The third kappa shape index (κ3) is 2.76. The molecule has 3 nitrogen and oxygen atoms in total. The molecule has 1 atom stereocenters. The number of benzene rings is 1. The topological polar surface area (TPSA) is 51.2 Å². The lowest BCUT2D eigenvalue weighted by atomic mass is 9.94. The Bertz CT molecular complexity index is 619. The van der Waals surface area contributed by atoms with Gasteiger partial charge >= 0.3 is 0 Å². The van der Waals surface area contributed by atoms with E-state index in [9.17, 15) is 4.39 Å². The molecule has 0 aliphatic carbocycles. The molecule has 1 aromatic heterocycles. The van der Waals surface area contributed by atoms with Crippen LogP contribution in [-0.4, -0.2) is 0 Å². The lowest BCUT2D eigenvalue weighted by Crippen LogP contribution is -2.30. The molecule has 1 heterocycles. The van der Waals surface area contributed by atoms with Crippen molar-refractivity contribution in [1.29, 1.82) is 0 Å². The first-order chi connectivity index (χ1) is 9.43. The molecule has 0 spiro atoms. The predicted octanol–water partition coefficient (Wildman–Crippen LogP) is 3.40. The summed E-state index contributed by atoms with van der Waals surface area (Å²) >= 11 is 0. The minimum absolute atomic E-state index is 0.0899. The Morgan fingerprint density at radius 2 is 1.90 bits per heavy atom. The van der Waals surface area contributed by atoms with Crippen LogP contribution in [0.2, 0.25) is 0 Å². The van der Waals surface area contributed by atoms with Gasteiger partial charge in [0.15, 0.2) is 0 Å². The molecule has 0 saturated heterocycles. The molecule has 3 N–H and O–H groups in total. The Balaban J connectivity index is 2.36. The largest absolute Gasteiger partial charge is 0.466 e. The number of aryl methyl sites for hydroxylation is 3. The van der Waals surface area contributed by atoms with Gasteiger partial charge in [-0.25, -0.2) is 4.39 Å². The molecule has 1 aromatic carbocycles. The van der Waals surface area contributed by atoms with Crippen LogP contribution in [-0.2, 0) is 6.42 Å². The molecule has 108 valence electrons. The summed E-state index contributed by atoms with van der Waals surface area (Å²) in [6.45, 7) is 7.86. The highest BCUT2D eigenvalue weighted by Gasteiger charge is 2.21. The first-order valence-corrected chi connectivity index (χ1v) is 6.71. The normalized spacial score (nSPS) is 12.7. The first kappa shape index (κ1) is 14.8. The molecule has 2 rings (SSSR count). The minimum Gasteiger partial charge on any atom is -0.466 e. The number of hydrogen-bond donors (Lipinski definition) is 2. The summed E-state index contributed by atoms with van der Waals surface area (Å²) in [7, 11) is 0. The number of nitrogens with one attached hydrogen (secondary N) is 1. The van der Waals surface area contributed by atoms with Crippen molar-refractivity contribution < 1.29 is 8.81 Å². The molecule has 0 bridgehead atoms. The summed E-state index contributed by atoms with van der Waals surface area (Å²) in [5, 5.41) is 0. The Kier molecular flexibility index (Phi) is 4.26. The number of furan rings is 1. The average Bonchev–Trinajstić information content (AvgIpc) is 2.65. The number of halogens is 1. The van der Waals surface area contributed by atoms with Crippen LogP contribution in [0.25, 0.3) is 0 Å². The molecule has 0 saturated carbocycles. The first-order valence-electron chi connectivity index (χ1n) is 6.71. The van der Waals surface area contributed by atoms with Crippen molar-refractivity contribution >= 4 is 0 Å². The third-order valence-electron chi connectivity index (χ3n) is 3.90. The van der Waals surface area contributed by atoms with Crippen LogP contribution < -0.4 is 11.3 Å². The summed E-state index contributed by atoms with van der Waals surface area (Å²) in [5.41, 5.74) is 6.99. The Labute approximate surface area is 118 Å². The van der Waals surface area contributed by atoms with Gasteiger partial charge in [-0.3, -0.25) is 11.3 Å². The minimum atomic E-state index is -0.224. The highest BCUT2D eigenvalue weighted by molar-refractivity contribution is 5.36. The van der Waals surface area contributed by atoms with Crippen LogP contribution in [0.15, 0.2) is 22.6 Å². The Morgan fingerprint density at radius 3 is 2.45 bits per heavy atom. The van der Waals surface area contributed by atoms with Crippen LogP contribution in [0, 0.1) is 33.5 Å². The summed E-state index contributed by atoms with van der Waals surface area (Å²) < 4.78 is 19.0. The molecular weight excluding hydrogens is 255 g/mol. The van der Waals surface area contributed by atoms with Gasteiger partial charge < -0.3 is 4.42 Å². The lowest BCUT2D eigenvalue weighted by Gasteiger charge is -2.18. The van der Waals surface area contributed by atoms with Gasteiger partial charge in [-0.05, 0) is 62.9 Å². The van der Waals surface area contributed by atoms with Crippen molar-refractivity contribution in [3.05, 3.63) is 57.8 Å². The van der Waals surface area contributed by atoms with Crippen molar-refractivity contribution in [3.63, 3.8) is 0 Å². The van der Waals surface area contributed by atoms with E-state index in [2.05, 4.69) is 5.43 Å². The fraction of sp³-hybridized carbons (Fsp3) is 0.375. The molecule has 0 fully saturated rings. The van der Waals surface area contributed by atoms with Crippen LogP contribution in [0.4, 0.5) is 4.39 Å². The Hall–Kier alpha value is -1.65. The highest BCUT2D eigenvalue weighted by atomic mass is 19.1. The zero-order chi connectivity index (χ0) is 14.9. The van der Waals surface area contributed by atoms with Crippen LogP contribution in [0.5, 0.6) is 0 Å². The summed E-state index contributed by atoms with van der Waals surface area (Å²) in [4.78, 5) is 0. The van der Waals surface area contributed by atoms with Gasteiger partial charge in [-0.2, -0.15) is 0 Å². The van der Waals surface area contributed by atoms with Crippen LogP contribution >= 0.6 is 0 Å². The highest BCUT2D eigenvalue weighted by Crippen LogP contribution is 2.29. The molecule has 20 heavy (non-hydrogen) atoms. The van der Waals surface area contributed by atoms with Gasteiger partial charge in [0.2, 0.25) is 0 Å². The van der Waals surface area contributed by atoms with Gasteiger partial charge in [0.05, 0.1) is 6.04 Å². The molecule has 2 aromatic rings. The second kappa shape index (κ2) is 5.77. The third-order valence-corrected chi connectivity index (χ3v) is 3.90. The van der Waals surface area contributed by atoms with Crippen molar-refractivity contribution in [2.24, 2.45) is 5.84 Å². The maximum Gasteiger partial charge on any atom is 0.123 e. The maximum atomic E-state index is 13.4. The van der Waals surface area contributed by atoms with E-state index in [1.807, 2.05) is 27.7 Å². The number of hydrazine groups is 1. The number of nitrogens with two attached hydrogens (primary N) is 1. The molecule has 1 unspecified atom stereocenters. The monoisotopic (exact) mass is 276 g/mol. The molecule has 0 aliphatic rings.